The van der Waals surface area contributed by atoms with E-state index in [0.717, 1.165) is 10.7 Å². The molecule has 0 aliphatic carbocycles. The summed E-state index contributed by atoms with van der Waals surface area (Å²) in [5.74, 6) is 0. The molecule has 0 bridgehead atoms. The van der Waals surface area contributed by atoms with Crippen LogP contribution in [0.4, 0.5) is 0 Å². The predicted octanol–water partition coefficient (Wildman–Crippen LogP) is 3.51. The van der Waals surface area contributed by atoms with Crippen LogP contribution in [0.3, 0.4) is 0 Å². The summed E-state index contributed by atoms with van der Waals surface area (Å²) in [6, 6.07) is -0.00776. The molecule has 0 aromatic carbocycles. The van der Waals surface area contributed by atoms with E-state index in [1.54, 1.807) is 17.7 Å². The van der Waals surface area contributed by atoms with Gasteiger partial charge in [-0.1, -0.05) is 11.6 Å². The predicted molar refractivity (Wildman–Crippen MR) is 66.7 cm³/mol. The number of allylic oxidation sites excluding steroid dienone is 1. The summed E-state index contributed by atoms with van der Waals surface area (Å²) in [5.41, 5.74) is 3.60. The number of thiophene rings is 1. The Hall–Kier alpha value is -0.800. The zero-order chi connectivity index (χ0) is 11.0. The molecule has 0 spiro atoms. The van der Waals surface area contributed by atoms with Crippen molar-refractivity contribution < 1.29 is 0 Å². The Bertz CT molecular complexity index is 445. The first-order valence-corrected chi connectivity index (χ1v) is 6.06. The molecule has 1 aromatic rings. The van der Waals surface area contributed by atoms with Gasteiger partial charge in [0.1, 0.15) is 6.04 Å². The molecule has 2 heterocycles. The van der Waals surface area contributed by atoms with Gasteiger partial charge in [-0.15, -0.1) is 11.3 Å². The minimum absolute atomic E-state index is 0.00776. The number of rotatable bonds is 1. The molecule has 15 heavy (non-hydrogen) atoms. The Morgan fingerprint density at radius 1 is 1.40 bits per heavy atom. The maximum absolute atomic E-state index is 6.26. The van der Waals surface area contributed by atoms with Gasteiger partial charge in [0.05, 0.1) is 11.4 Å². The van der Waals surface area contributed by atoms with Crippen molar-refractivity contribution in [2.75, 3.05) is 0 Å². The van der Waals surface area contributed by atoms with Crippen LogP contribution in [0.25, 0.3) is 0 Å². The number of nitrogens with zero attached hydrogens (tertiary/aromatic N) is 1. The van der Waals surface area contributed by atoms with Crippen LogP contribution in [0.2, 0.25) is 0 Å². The minimum atomic E-state index is -0.00776. The molecule has 80 valence electrons. The van der Waals surface area contributed by atoms with Crippen molar-refractivity contribution in [3.05, 3.63) is 32.1 Å². The summed E-state index contributed by atoms with van der Waals surface area (Å²) >= 11 is 7.99. The fraction of sp³-hybridized carbons (Fsp3) is 0.364. The van der Waals surface area contributed by atoms with E-state index in [9.17, 15) is 0 Å². The molecule has 0 radical (unpaired) electrons. The molecule has 2 nitrogen and oxygen atoms in total. The number of hydrogen-bond donors (Lipinski definition) is 1. The quantitative estimate of drug-likeness (QED) is 0.798. The summed E-state index contributed by atoms with van der Waals surface area (Å²) < 4.78 is 0. The lowest BCUT2D eigenvalue weighted by molar-refractivity contribution is 0.848. The first-order chi connectivity index (χ1) is 7.11. The van der Waals surface area contributed by atoms with Gasteiger partial charge in [0.25, 0.3) is 0 Å². The number of halogens is 1. The highest BCUT2D eigenvalue weighted by molar-refractivity contribution is 7.10. The average Bonchev–Trinajstić information content (AvgIpc) is 2.53. The first kappa shape index (κ1) is 10.7. The zero-order valence-corrected chi connectivity index (χ0v) is 10.5. The molecule has 0 amide bonds. The van der Waals surface area contributed by atoms with E-state index in [4.69, 9.17) is 11.6 Å². The van der Waals surface area contributed by atoms with Crippen LogP contribution in [-0.4, -0.2) is 6.34 Å². The second-order valence-corrected chi connectivity index (χ2v) is 5.02. The second-order valence-electron chi connectivity index (χ2n) is 3.71. The van der Waals surface area contributed by atoms with Gasteiger partial charge in [-0.2, -0.15) is 0 Å². The zero-order valence-electron chi connectivity index (χ0n) is 8.97. The maximum atomic E-state index is 6.26. The third-order valence-electron chi connectivity index (χ3n) is 2.68. The monoisotopic (exact) mass is 240 g/mol. The van der Waals surface area contributed by atoms with E-state index in [2.05, 4.69) is 29.5 Å². The van der Waals surface area contributed by atoms with Crippen LogP contribution in [-0.2, 0) is 0 Å². The number of aliphatic imine (C=N–C) groups is 1. The van der Waals surface area contributed by atoms with Crippen molar-refractivity contribution in [2.45, 2.75) is 26.8 Å². The highest BCUT2D eigenvalue weighted by Gasteiger charge is 2.22. The van der Waals surface area contributed by atoms with Crippen LogP contribution in [0.5, 0.6) is 0 Å². The topological polar surface area (TPSA) is 24.4 Å². The van der Waals surface area contributed by atoms with E-state index >= 15 is 0 Å². The van der Waals surface area contributed by atoms with Crippen LogP contribution >= 0.6 is 22.9 Å². The second kappa shape index (κ2) is 3.99. The lowest BCUT2D eigenvalue weighted by atomic mass is 10.1. The lowest BCUT2D eigenvalue weighted by Crippen LogP contribution is -2.17. The van der Waals surface area contributed by atoms with E-state index in [-0.39, 0.29) is 6.04 Å². The van der Waals surface area contributed by atoms with E-state index in [1.165, 1.54) is 16.0 Å². The standard InChI is InChI=1S/C11H13ClN2S/c1-6-4-15-11(7(6)2)10-9(12)8(3)13-5-14-10/h4-5,10H,1-3H3,(H,13,14). The third kappa shape index (κ3) is 1.82. The van der Waals surface area contributed by atoms with Crippen molar-refractivity contribution in [3.63, 3.8) is 0 Å². The molecular formula is C11H13ClN2S. The molecular weight excluding hydrogens is 228 g/mol. The lowest BCUT2D eigenvalue weighted by Gasteiger charge is -2.18. The molecule has 1 N–H and O–H groups in total. The van der Waals surface area contributed by atoms with Crippen LogP contribution < -0.4 is 5.32 Å². The largest absolute Gasteiger partial charge is 0.349 e. The normalized spacial score (nSPS) is 20.7. The Morgan fingerprint density at radius 3 is 2.73 bits per heavy atom. The van der Waals surface area contributed by atoms with E-state index in [0.29, 0.717) is 0 Å². The van der Waals surface area contributed by atoms with Gasteiger partial charge in [0.15, 0.2) is 0 Å². The van der Waals surface area contributed by atoms with Crippen molar-refractivity contribution in [3.8, 4) is 0 Å². The first-order valence-electron chi connectivity index (χ1n) is 4.80. The summed E-state index contributed by atoms with van der Waals surface area (Å²) in [5, 5.41) is 5.97. The van der Waals surface area contributed by atoms with Crippen molar-refractivity contribution in [1.82, 2.24) is 5.32 Å². The molecule has 1 atom stereocenters. The molecule has 1 aliphatic rings. The molecule has 0 fully saturated rings. The summed E-state index contributed by atoms with van der Waals surface area (Å²) in [7, 11) is 0. The van der Waals surface area contributed by atoms with Crippen LogP contribution in [0.1, 0.15) is 29.0 Å². The summed E-state index contributed by atoms with van der Waals surface area (Å²) in [4.78, 5) is 5.63. The van der Waals surface area contributed by atoms with Crippen molar-refractivity contribution >= 4 is 29.3 Å². The van der Waals surface area contributed by atoms with E-state index in [1.807, 2.05) is 6.92 Å². The Morgan fingerprint density at radius 2 is 2.13 bits per heavy atom. The van der Waals surface area contributed by atoms with Gasteiger partial charge in [0.2, 0.25) is 0 Å². The molecule has 0 saturated carbocycles. The summed E-state index contributed by atoms with van der Waals surface area (Å²) in [6.07, 6.45) is 1.72. The third-order valence-corrected chi connectivity index (χ3v) is 4.42. The SMILES string of the molecule is CC1=C(Cl)C(c2scc(C)c2C)N=CN1. The van der Waals surface area contributed by atoms with Gasteiger partial charge in [-0.05, 0) is 37.3 Å². The van der Waals surface area contributed by atoms with Crippen LogP contribution in [0.15, 0.2) is 21.1 Å². The molecule has 1 aromatic heterocycles. The average molecular weight is 241 g/mol. The van der Waals surface area contributed by atoms with Crippen LogP contribution in [0, 0.1) is 13.8 Å². The van der Waals surface area contributed by atoms with Gasteiger partial charge in [-0.25, -0.2) is 0 Å². The minimum Gasteiger partial charge on any atom is -0.349 e. The smallest absolute Gasteiger partial charge is 0.123 e. The number of hydrogen-bond acceptors (Lipinski definition) is 3. The summed E-state index contributed by atoms with van der Waals surface area (Å²) in [6.45, 7) is 6.21. The van der Waals surface area contributed by atoms with Gasteiger partial charge >= 0.3 is 0 Å². The maximum Gasteiger partial charge on any atom is 0.123 e. The molecule has 1 aliphatic heterocycles. The Labute approximate surface area is 98.7 Å². The fourth-order valence-electron chi connectivity index (χ4n) is 1.52. The van der Waals surface area contributed by atoms with Gasteiger partial charge in [0, 0.05) is 10.6 Å². The highest BCUT2D eigenvalue weighted by Crippen LogP contribution is 2.37. The Kier molecular flexibility index (Phi) is 2.85. The molecule has 2 rings (SSSR count). The highest BCUT2D eigenvalue weighted by atomic mass is 35.5. The number of aryl methyl sites for hydroxylation is 1. The molecule has 1 unspecified atom stereocenters. The number of nitrogens with one attached hydrogen (secondary N) is 1. The fourth-order valence-corrected chi connectivity index (χ4v) is 2.93. The van der Waals surface area contributed by atoms with Crippen molar-refractivity contribution in [1.29, 1.82) is 0 Å². The van der Waals surface area contributed by atoms with Crippen molar-refractivity contribution in [2.24, 2.45) is 4.99 Å². The molecule has 0 saturated heterocycles. The van der Waals surface area contributed by atoms with Gasteiger partial charge in [-0.3, -0.25) is 4.99 Å². The van der Waals surface area contributed by atoms with E-state index < -0.39 is 0 Å². The van der Waals surface area contributed by atoms with Gasteiger partial charge < -0.3 is 5.32 Å². The Balaban J connectivity index is 2.43. The molecule has 4 heteroatoms.